The molecule has 0 bridgehead atoms. The van der Waals surface area contributed by atoms with E-state index in [4.69, 9.17) is 28.5 Å². The maximum absolute atomic E-state index is 11.7. The van der Waals surface area contributed by atoms with Crippen LogP contribution in [0, 0.1) is 0 Å². The molecule has 2 aliphatic carbocycles. The summed E-state index contributed by atoms with van der Waals surface area (Å²) in [4.78, 5) is 38.5. The maximum Gasteiger partial charge on any atom is 1.00 e. The Kier molecular flexibility index (Phi) is 10.7. The van der Waals surface area contributed by atoms with Gasteiger partial charge in [-0.2, -0.15) is 9.59 Å². The molecular weight excluding hydrogens is 503 g/mol. The van der Waals surface area contributed by atoms with Gasteiger partial charge in [0.05, 0.1) is 24.3 Å². The number of benzene rings is 2. The molecule has 2 heterocycles. The van der Waals surface area contributed by atoms with Crippen molar-refractivity contribution in [2.24, 2.45) is 0 Å². The molecule has 6 rings (SSSR count). The second-order valence-corrected chi connectivity index (χ2v) is 9.88. The van der Waals surface area contributed by atoms with Crippen molar-refractivity contribution in [2.45, 2.75) is 62.3 Å². The van der Waals surface area contributed by atoms with E-state index in [0.29, 0.717) is 49.3 Å². The predicted molar refractivity (Wildman–Crippen MR) is 130 cm³/mol. The average molecular weight is 534 g/mol. The van der Waals surface area contributed by atoms with Crippen LogP contribution in [0.15, 0.2) is 36.4 Å². The molecule has 0 amide bonds. The first-order chi connectivity index (χ1) is 17.7. The number of Topliss-reactive ketones (excluding diaryl/α,β-unsaturated/α-hetero) is 1. The Hall–Kier alpha value is -2.96. The van der Waals surface area contributed by atoms with E-state index in [1.54, 1.807) is 6.07 Å². The molecule has 39 heavy (non-hydrogen) atoms. The number of methoxy groups -OCH3 is 1. The number of hydrogen-bond acceptors (Lipinski definition) is 10. The summed E-state index contributed by atoms with van der Waals surface area (Å²) >= 11 is 0. The van der Waals surface area contributed by atoms with Gasteiger partial charge < -0.3 is 29.5 Å². The molecule has 204 valence electrons. The molecule has 1 unspecified atom stereocenters. The van der Waals surface area contributed by atoms with Gasteiger partial charge in [0, 0.05) is 20.0 Å². The first-order valence-electron chi connectivity index (χ1n) is 12.2. The summed E-state index contributed by atoms with van der Waals surface area (Å²) in [6.45, 7) is 3.67. The van der Waals surface area contributed by atoms with E-state index < -0.39 is 11.4 Å². The normalized spacial score (nSPS) is 21.8. The molecule has 1 atom stereocenters. The van der Waals surface area contributed by atoms with Gasteiger partial charge >= 0.3 is 25.0 Å². The molecule has 0 aromatic heterocycles. The number of ether oxygens (including phenoxy) is 4. The number of fused-ring (bicyclic) bond motifs is 2. The Labute approximate surface area is 238 Å². The summed E-state index contributed by atoms with van der Waals surface area (Å²) < 4.78 is 21.4. The Morgan fingerprint density at radius 2 is 1.56 bits per heavy atom. The third kappa shape index (κ3) is 6.79. The molecule has 10 nitrogen and oxygen atoms in total. The summed E-state index contributed by atoms with van der Waals surface area (Å²) in [7, 11) is 1.47. The van der Waals surface area contributed by atoms with Gasteiger partial charge in [-0.05, 0) is 66.5 Å². The molecule has 2 aromatic carbocycles. The van der Waals surface area contributed by atoms with Crippen LogP contribution in [0.1, 0.15) is 72.5 Å². The van der Waals surface area contributed by atoms with E-state index in [-0.39, 0.29) is 36.3 Å². The van der Waals surface area contributed by atoms with Crippen LogP contribution in [0.4, 0.5) is 0 Å². The number of ketones is 1. The van der Waals surface area contributed by atoms with Crippen molar-refractivity contribution >= 4 is 18.4 Å². The van der Waals surface area contributed by atoms with Crippen LogP contribution in [0.2, 0.25) is 0 Å². The summed E-state index contributed by atoms with van der Waals surface area (Å²) in [5, 5.41) is 10.5. The first kappa shape index (κ1) is 32.3. The average Bonchev–Trinajstić information content (AvgIpc) is 3.84. The van der Waals surface area contributed by atoms with E-state index in [9.17, 15) is 14.7 Å². The number of rotatable bonds is 5. The van der Waals surface area contributed by atoms with Crippen molar-refractivity contribution in [3.05, 3.63) is 58.7 Å². The molecule has 2 aliphatic heterocycles. The van der Waals surface area contributed by atoms with Crippen LogP contribution in [0.25, 0.3) is 0 Å². The summed E-state index contributed by atoms with van der Waals surface area (Å²) in [6.07, 6.45) is 5.23. The molecule has 2 fully saturated rings. The molecule has 2 aromatic rings. The van der Waals surface area contributed by atoms with Gasteiger partial charge in [0.15, 0.2) is 11.6 Å². The van der Waals surface area contributed by atoms with Crippen LogP contribution >= 0.6 is 0 Å². The fourth-order valence-electron chi connectivity index (χ4n) is 4.68. The molecule has 0 spiro atoms. The summed E-state index contributed by atoms with van der Waals surface area (Å²) in [5.74, 6) is 0.267. The van der Waals surface area contributed by atoms with Gasteiger partial charge in [-0.1, -0.05) is 19.1 Å². The monoisotopic (exact) mass is 534 g/mol. The van der Waals surface area contributed by atoms with Crippen molar-refractivity contribution in [1.82, 2.24) is 0 Å². The Balaban J connectivity index is 0.000000242. The SMILES string of the molecule is CC1(c2ccc3c(c2)C(=O)CCO3)CC1.COC1(O)CCOc2ccc(C3(OC=O)CC3)cc21.O=C=O.[Li+].[OH-]. The topological polar surface area (TPSA) is 155 Å². The van der Waals surface area contributed by atoms with Gasteiger partial charge in [0.25, 0.3) is 6.47 Å². The molecule has 0 radical (unpaired) electrons. The predicted octanol–water partition coefficient (Wildman–Crippen LogP) is 0.370. The number of carbonyl (C=O) groups excluding carboxylic acids is 4. The van der Waals surface area contributed by atoms with Crippen LogP contribution < -0.4 is 28.3 Å². The summed E-state index contributed by atoms with van der Waals surface area (Å²) in [6, 6.07) is 11.6. The third-order valence-electron chi connectivity index (χ3n) is 7.50. The van der Waals surface area contributed by atoms with Gasteiger partial charge in [-0.25, -0.2) is 0 Å². The largest absolute Gasteiger partial charge is 1.00 e. The minimum absolute atomic E-state index is 0. The van der Waals surface area contributed by atoms with Gasteiger partial charge in [0.1, 0.15) is 17.1 Å². The van der Waals surface area contributed by atoms with Gasteiger partial charge in [0.2, 0.25) is 0 Å². The zero-order valence-electron chi connectivity index (χ0n) is 22.4. The standard InChI is InChI=1S/C14H16O5.C13H14O2.CO2.Li.H2O/c1-17-14(16)6-7-18-12-3-2-10(8-11(12)14)13(4-5-13)19-9-15;1-13(5-6-13)9-2-3-12-10(8-9)11(14)4-7-15-12;2-1-3;;/h2-3,8-9,16H,4-7H2,1H3;2-3,8H,4-7H2,1H3;;;1H2/q;;;+1;/p-1. The minimum atomic E-state index is -1.33. The van der Waals surface area contributed by atoms with Crippen LogP contribution in [0.3, 0.4) is 0 Å². The molecule has 2 N–H and O–H groups in total. The first-order valence-corrected chi connectivity index (χ1v) is 12.2. The van der Waals surface area contributed by atoms with Crippen LogP contribution in [-0.4, -0.2) is 49.3 Å². The number of hydrogen-bond donors (Lipinski definition) is 1. The van der Waals surface area contributed by atoms with Gasteiger partial charge in [-0.15, -0.1) is 0 Å². The van der Waals surface area contributed by atoms with Gasteiger partial charge in [-0.3, -0.25) is 9.59 Å². The minimum Gasteiger partial charge on any atom is -0.870 e. The zero-order chi connectivity index (χ0) is 26.7. The molecular formula is C28H31LiO10. The smallest absolute Gasteiger partial charge is 0.870 e. The number of carbonyl (C=O) groups is 2. The van der Waals surface area contributed by atoms with Crippen molar-refractivity contribution in [3.63, 3.8) is 0 Å². The molecule has 11 heteroatoms. The molecule has 2 saturated carbocycles. The van der Waals surface area contributed by atoms with Crippen LogP contribution in [-0.2, 0) is 40.7 Å². The fourth-order valence-corrected chi connectivity index (χ4v) is 4.68. The quantitative estimate of drug-likeness (QED) is 0.323. The maximum atomic E-state index is 11.7. The Bertz CT molecular complexity index is 1210. The van der Waals surface area contributed by atoms with Crippen molar-refractivity contribution in [1.29, 1.82) is 0 Å². The second-order valence-electron chi connectivity index (χ2n) is 9.88. The van der Waals surface area contributed by atoms with E-state index in [1.165, 1.54) is 25.5 Å². The van der Waals surface area contributed by atoms with Crippen molar-refractivity contribution in [2.75, 3.05) is 20.3 Å². The van der Waals surface area contributed by atoms with Crippen molar-refractivity contribution < 1.29 is 67.6 Å². The van der Waals surface area contributed by atoms with E-state index >= 15 is 0 Å². The van der Waals surface area contributed by atoms with Crippen LogP contribution in [0.5, 0.6) is 11.5 Å². The second kappa shape index (κ2) is 12.9. The van der Waals surface area contributed by atoms with E-state index in [0.717, 1.165) is 29.7 Å². The van der Waals surface area contributed by atoms with E-state index in [1.807, 2.05) is 24.3 Å². The molecule has 0 saturated heterocycles. The zero-order valence-corrected chi connectivity index (χ0v) is 22.4. The Morgan fingerprint density at radius 3 is 2.15 bits per heavy atom. The van der Waals surface area contributed by atoms with Crippen molar-refractivity contribution in [3.8, 4) is 11.5 Å². The third-order valence-corrected chi connectivity index (χ3v) is 7.50. The van der Waals surface area contributed by atoms with E-state index in [2.05, 4.69) is 13.0 Å². The summed E-state index contributed by atoms with van der Waals surface area (Å²) in [5.41, 5.74) is 3.35. The Morgan fingerprint density at radius 1 is 0.949 bits per heavy atom. The fraction of sp³-hybridized carbons (Fsp3) is 0.464. The molecule has 4 aliphatic rings. The number of aliphatic hydroxyl groups is 1.